The zero-order chi connectivity index (χ0) is 13.5. The van der Waals surface area contributed by atoms with Gasteiger partial charge in [0, 0.05) is 12.5 Å². The zero-order valence-corrected chi connectivity index (χ0v) is 11.4. The SMILES string of the molecule is C#CCC(CC)NC(=O)Cc1cc(C)ccc1C. The average Bonchev–Trinajstić information content (AvgIpc) is 2.33. The molecule has 0 radical (unpaired) electrons. The maximum Gasteiger partial charge on any atom is 0.224 e. The number of amides is 1. The van der Waals surface area contributed by atoms with E-state index in [0.29, 0.717) is 12.8 Å². The molecule has 0 aliphatic carbocycles. The van der Waals surface area contributed by atoms with E-state index in [2.05, 4.69) is 29.4 Å². The van der Waals surface area contributed by atoms with Crippen molar-refractivity contribution in [1.29, 1.82) is 0 Å². The Hall–Kier alpha value is -1.75. The maximum atomic E-state index is 11.9. The predicted octanol–water partition coefficient (Wildman–Crippen LogP) is 2.76. The minimum Gasteiger partial charge on any atom is -0.352 e. The summed E-state index contributed by atoms with van der Waals surface area (Å²) in [4.78, 5) is 11.9. The molecule has 1 atom stereocenters. The number of terminal acetylenes is 1. The predicted molar refractivity (Wildman–Crippen MR) is 75.3 cm³/mol. The highest BCUT2D eigenvalue weighted by Crippen LogP contribution is 2.11. The molecule has 0 aliphatic rings. The van der Waals surface area contributed by atoms with Crippen LogP contribution in [-0.2, 0) is 11.2 Å². The van der Waals surface area contributed by atoms with Crippen LogP contribution < -0.4 is 5.32 Å². The smallest absolute Gasteiger partial charge is 0.224 e. The molecule has 0 bridgehead atoms. The Morgan fingerprint density at radius 2 is 2.17 bits per heavy atom. The van der Waals surface area contributed by atoms with Crippen molar-refractivity contribution in [3.05, 3.63) is 34.9 Å². The van der Waals surface area contributed by atoms with Gasteiger partial charge in [0.05, 0.1) is 6.42 Å². The molecule has 1 aromatic rings. The minimum absolute atomic E-state index is 0.0470. The Bertz CT molecular complexity index is 457. The molecule has 18 heavy (non-hydrogen) atoms. The molecule has 0 aromatic heterocycles. The van der Waals surface area contributed by atoms with Crippen LogP contribution in [0.2, 0.25) is 0 Å². The summed E-state index contributed by atoms with van der Waals surface area (Å²) < 4.78 is 0. The molecule has 2 heteroatoms. The van der Waals surface area contributed by atoms with E-state index in [1.807, 2.05) is 20.8 Å². The molecular formula is C16H21NO. The molecule has 0 heterocycles. The average molecular weight is 243 g/mol. The Labute approximate surface area is 110 Å². The molecule has 1 rings (SSSR count). The number of hydrogen-bond donors (Lipinski definition) is 1. The van der Waals surface area contributed by atoms with Gasteiger partial charge in [0.1, 0.15) is 0 Å². The standard InChI is InChI=1S/C16H21NO/c1-5-7-15(6-2)17-16(18)11-14-10-12(3)8-9-13(14)4/h1,8-10,15H,6-7,11H2,2-4H3,(H,17,18). The number of nitrogens with one attached hydrogen (secondary N) is 1. The first-order chi connectivity index (χ1) is 8.56. The van der Waals surface area contributed by atoms with E-state index in [9.17, 15) is 4.79 Å². The molecule has 0 spiro atoms. The van der Waals surface area contributed by atoms with Crippen molar-refractivity contribution in [1.82, 2.24) is 5.32 Å². The van der Waals surface area contributed by atoms with Gasteiger partial charge in [-0.15, -0.1) is 12.3 Å². The lowest BCUT2D eigenvalue weighted by molar-refractivity contribution is -0.121. The van der Waals surface area contributed by atoms with Gasteiger partial charge in [-0.05, 0) is 31.4 Å². The topological polar surface area (TPSA) is 29.1 Å². The molecule has 96 valence electrons. The Kier molecular flexibility index (Phi) is 5.45. The van der Waals surface area contributed by atoms with Gasteiger partial charge in [-0.1, -0.05) is 30.7 Å². The van der Waals surface area contributed by atoms with Crippen molar-refractivity contribution >= 4 is 5.91 Å². The maximum absolute atomic E-state index is 11.9. The molecule has 1 amide bonds. The highest BCUT2D eigenvalue weighted by Gasteiger charge is 2.11. The second kappa shape index (κ2) is 6.86. The monoisotopic (exact) mass is 243 g/mol. The summed E-state index contributed by atoms with van der Waals surface area (Å²) in [7, 11) is 0. The fraction of sp³-hybridized carbons (Fsp3) is 0.438. The van der Waals surface area contributed by atoms with Crippen LogP contribution in [0.5, 0.6) is 0 Å². The van der Waals surface area contributed by atoms with Gasteiger partial charge in [-0.25, -0.2) is 0 Å². The van der Waals surface area contributed by atoms with Crippen LogP contribution in [0, 0.1) is 26.2 Å². The number of benzene rings is 1. The van der Waals surface area contributed by atoms with Gasteiger partial charge >= 0.3 is 0 Å². The lowest BCUT2D eigenvalue weighted by Gasteiger charge is -2.15. The van der Waals surface area contributed by atoms with Gasteiger partial charge in [0.15, 0.2) is 0 Å². The van der Waals surface area contributed by atoms with E-state index in [0.717, 1.165) is 17.5 Å². The highest BCUT2D eigenvalue weighted by atomic mass is 16.1. The zero-order valence-electron chi connectivity index (χ0n) is 11.4. The van der Waals surface area contributed by atoms with Gasteiger partial charge < -0.3 is 5.32 Å². The third-order valence-electron chi connectivity index (χ3n) is 3.08. The summed E-state index contributed by atoms with van der Waals surface area (Å²) in [6.45, 7) is 6.09. The van der Waals surface area contributed by atoms with Crippen LogP contribution in [-0.4, -0.2) is 11.9 Å². The molecule has 2 nitrogen and oxygen atoms in total. The lowest BCUT2D eigenvalue weighted by Crippen LogP contribution is -2.35. The van der Waals surface area contributed by atoms with Gasteiger partial charge in [-0.2, -0.15) is 0 Å². The van der Waals surface area contributed by atoms with Crippen molar-refractivity contribution in [3.63, 3.8) is 0 Å². The summed E-state index contributed by atoms with van der Waals surface area (Å²) in [5.74, 6) is 2.64. The Balaban J connectivity index is 2.64. The molecule has 0 saturated carbocycles. The second-order valence-electron chi connectivity index (χ2n) is 4.69. The van der Waals surface area contributed by atoms with E-state index in [1.54, 1.807) is 0 Å². The molecule has 1 aromatic carbocycles. The molecule has 1 unspecified atom stereocenters. The summed E-state index contributed by atoms with van der Waals surface area (Å²) in [6.07, 6.45) is 7.16. The van der Waals surface area contributed by atoms with Gasteiger partial charge in [0.2, 0.25) is 5.91 Å². The van der Waals surface area contributed by atoms with Gasteiger partial charge in [0.25, 0.3) is 0 Å². The minimum atomic E-state index is 0.0470. The summed E-state index contributed by atoms with van der Waals surface area (Å²) in [5, 5.41) is 2.98. The Morgan fingerprint density at radius 1 is 1.44 bits per heavy atom. The van der Waals surface area contributed by atoms with Crippen LogP contribution in [0.1, 0.15) is 36.5 Å². The van der Waals surface area contributed by atoms with Crippen LogP contribution in [0.25, 0.3) is 0 Å². The van der Waals surface area contributed by atoms with E-state index in [-0.39, 0.29) is 11.9 Å². The largest absolute Gasteiger partial charge is 0.352 e. The number of aryl methyl sites for hydroxylation is 2. The highest BCUT2D eigenvalue weighted by molar-refractivity contribution is 5.79. The molecule has 0 saturated heterocycles. The van der Waals surface area contributed by atoms with E-state index >= 15 is 0 Å². The summed E-state index contributed by atoms with van der Waals surface area (Å²) >= 11 is 0. The van der Waals surface area contributed by atoms with Crippen molar-refractivity contribution < 1.29 is 4.79 Å². The quantitative estimate of drug-likeness (QED) is 0.792. The molecule has 1 N–H and O–H groups in total. The van der Waals surface area contributed by atoms with Gasteiger partial charge in [-0.3, -0.25) is 4.79 Å². The van der Waals surface area contributed by atoms with Crippen LogP contribution in [0.15, 0.2) is 18.2 Å². The number of carbonyl (C=O) groups excluding carboxylic acids is 1. The number of carbonyl (C=O) groups is 1. The first-order valence-corrected chi connectivity index (χ1v) is 6.35. The second-order valence-corrected chi connectivity index (χ2v) is 4.69. The van der Waals surface area contributed by atoms with E-state index in [4.69, 9.17) is 6.42 Å². The normalized spacial score (nSPS) is 11.7. The lowest BCUT2D eigenvalue weighted by atomic mass is 10.0. The van der Waals surface area contributed by atoms with Crippen molar-refractivity contribution in [2.75, 3.05) is 0 Å². The van der Waals surface area contributed by atoms with Crippen LogP contribution in [0.4, 0.5) is 0 Å². The van der Waals surface area contributed by atoms with Crippen molar-refractivity contribution in [2.45, 2.75) is 46.1 Å². The van der Waals surface area contributed by atoms with Crippen molar-refractivity contribution in [3.8, 4) is 12.3 Å². The third-order valence-corrected chi connectivity index (χ3v) is 3.08. The fourth-order valence-electron chi connectivity index (χ4n) is 1.88. The number of hydrogen-bond acceptors (Lipinski definition) is 1. The molecule has 0 fully saturated rings. The Morgan fingerprint density at radius 3 is 2.78 bits per heavy atom. The summed E-state index contributed by atoms with van der Waals surface area (Å²) in [5.41, 5.74) is 3.42. The molecule has 0 aliphatic heterocycles. The van der Waals surface area contributed by atoms with Crippen molar-refractivity contribution in [2.24, 2.45) is 0 Å². The molecular weight excluding hydrogens is 222 g/mol. The van der Waals surface area contributed by atoms with E-state index in [1.165, 1.54) is 5.56 Å². The number of rotatable bonds is 5. The van der Waals surface area contributed by atoms with Crippen LogP contribution in [0.3, 0.4) is 0 Å². The first-order valence-electron chi connectivity index (χ1n) is 6.35. The van der Waals surface area contributed by atoms with E-state index < -0.39 is 0 Å². The fourth-order valence-corrected chi connectivity index (χ4v) is 1.88. The van der Waals surface area contributed by atoms with Crippen LogP contribution >= 0.6 is 0 Å². The third kappa shape index (κ3) is 4.25. The first kappa shape index (κ1) is 14.3. The summed E-state index contributed by atoms with van der Waals surface area (Å²) in [6, 6.07) is 6.27.